The summed E-state index contributed by atoms with van der Waals surface area (Å²) in [5.41, 5.74) is 0.801. The number of hydrogen-bond donors (Lipinski definition) is 3. The minimum atomic E-state index is -0.0320. The largest absolute Gasteiger partial charge is 0.507 e. The molecule has 3 N–H and O–H groups in total. The number of benzene rings is 1. The Kier molecular flexibility index (Phi) is 5.44. The summed E-state index contributed by atoms with van der Waals surface area (Å²) in [6.45, 7) is 6.15. The predicted octanol–water partition coefficient (Wildman–Crippen LogP) is 2.07. The number of aliphatic hydroxyl groups excluding tert-OH is 1. The summed E-state index contributed by atoms with van der Waals surface area (Å²) in [7, 11) is 1.57. The monoisotopic (exact) mass is 253 g/mol. The zero-order valence-corrected chi connectivity index (χ0v) is 11.5. The van der Waals surface area contributed by atoms with Crippen molar-refractivity contribution >= 4 is 0 Å². The van der Waals surface area contributed by atoms with Crippen LogP contribution in [0.4, 0.5) is 0 Å². The van der Waals surface area contributed by atoms with Gasteiger partial charge < -0.3 is 20.3 Å². The maximum Gasteiger partial charge on any atom is 0.124 e. The fourth-order valence-corrected chi connectivity index (χ4v) is 1.88. The molecule has 2 atom stereocenters. The van der Waals surface area contributed by atoms with Gasteiger partial charge in [0.05, 0.1) is 13.7 Å². The third kappa shape index (κ3) is 3.62. The molecule has 0 aliphatic carbocycles. The summed E-state index contributed by atoms with van der Waals surface area (Å²) in [4.78, 5) is 0. The highest BCUT2D eigenvalue weighted by Gasteiger charge is 2.18. The lowest BCUT2D eigenvalue weighted by Gasteiger charge is -2.25. The van der Waals surface area contributed by atoms with Crippen LogP contribution in [0.5, 0.6) is 11.5 Å². The summed E-state index contributed by atoms with van der Waals surface area (Å²) in [5, 5.41) is 22.5. The van der Waals surface area contributed by atoms with Gasteiger partial charge in [-0.2, -0.15) is 0 Å². The summed E-state index contributed by atoms with van der Waals surface area (Å²) in [6.07, 6.45) is 0. The van der Waals surface area contributed by atoms with E-state index in [1.807, 2.05) is 19.1 Å². The number of nitrogens with one attached hydrogen (secondary N) is 1. The Bertz CT molecular complexity index is 379. The molecule has 0 heterocycles. The van der Waals surface area contributed by atoms with Crippen LogP contribution in [0.25, 0.3) is 0 Å². The van der Waals surface area contributed by atoms with E-state index in [0.717, 1.165) is 5.56 Å². The van der Waals surface area contributed by atoms with Gasteiger partial charge in [-0.1, -0.05) is 19.9 Å². The third-order valence-corrected chi connectivity index (χ3v) is 3.17. The molecule has 18 heavy (non-hydrogen) atoms. The van der Waals surface area contributed by atoms with Gasteiger partial charge in [-0.15, -0.1) is 0 Å². The number of rotatable bonds is 6. The van der Waals surface area contributed by atoms with Crippen LogP contribution >= 0.6 is 0 Å². The van der Waals surface area contributed by atoms with Crippen LogP contribution in [-0.4, -0.2) is 30.0 Å². The predicted molar refractivity (Wildman–Crippen MR) is 71.9 cm³/mol. The van der Waals surface area contributed by atoms with Crippen LogP contribution in [0.15, 0.2) is 18.2 Å². The van der Waals surface area contributed by atoms with Crippen LogP contribution in [0.1, 0.15) is 32.4 Å². The van der Waals surface area contributed by atoms with Crippen molar-refractivity contribution in [3.8, 4) is 11.5 Å². The van der Waals surface area contributed by atoms with Gasteiger partial charge in [0.2, 0.25) is 0 Å². The zero-order valence-electron chi connectivity index (χ0n) is 11.5. The van der Waals surface area contributed by atoms with Crippen LogP contribution in [0.2, 0.25) is 0 Å². The molecule has 0 saturated heterocycles. The molecule has 0 fully saturated rings. The van der Waals surface area contributed by atoms with Crippen molar-refractivity contribution in [2.45, 2.75) is 32.9 Å². The van der Waals surface area contributed by atoms with Crippen molar-refractivity contribution in [1.29, 1.82) is 0 Å². The minimum absolute atomic E-state index is 0.0153. The van der Waals surface area contributed by atoms with Crippen molar-refractivity contribution in [3.05, 3.63) is 23.8 Å². The maximum atomic E-state index is 9.93. The molecule has 1 unspecified atom stereocenters. The molecule has 0 bridgehead atoms. The maximum absolute atomic E-state index is 9.93. The molecule has 4 heteroatoms. The van der Waals surface area contributed by atoms with Crippen LogP contribution in [0, 0.1) is 5.92 Å². The van der Waals surface area contributed by atoms with E-state index < -0.39 is 0 Å². The lowest BCUT2D eigenvalue weighted by Crippen LogP contribution is -2.38. The Morgan fingerprint density at radius 1 is 1.28 bits per heavy atom. The molecular formula is C14H23NO3. The number of phenols is 1. The summed E-state index contributed by atoms with van der Waals surface area (Å²) < 4.78 is 5.05. The molecule has 1 aromatic rings. The molecule has 1 aromatic carbocycles. The van der Waals surface area contributed by atoms with Crippen molar-refractivity contribution in [3.63, 3.8) is 0 Å². The summed E-state index contributed by atoms with van der Waals surface area (Å²) in [5.74, 6) is 1.17. The molecule has 0 radical (unpaired) electrons. The second-order valence-electron chi connectivity index (χ2n) is 4.85. The van der Waals surface area contributed by atoms with E-state index in [4.69, 9.17) is 4.74 Å². The van der Waals surface area contributed by atoms with Crippen molar-refractivity contribution in [2.75, 3.05) is 13.7 Å². The second kappa shape index (κ2) is 6.61. The SMILES string of the molecule is COc1ccc(C(C)N[C@H](CO)C(C)C)c(O)c1. The first-order valence-corrected chi connectivity index (χ1v) is 6.23. The van der Waals surface area contributed by atoms with E-state index in [-0.39, 0.29) is 24.4 Å². The van der Waals surface area contributed by atoms with E-state index in [9.17, 15) is 10.2 Å². The average molecular weight is 253 g/mol. The Balaban J connectivity index is 2.80. The van der Waals surface area contributed by atoms with Gasteiger partial charge in [0, 0.05) is 23.7 Å². The summed E-state index contributed by atoms with van der Waals surface area (Å²) >= 11 is 0. The van der Waals surface area contributed by atoms with Gasteiger partial charge in [-0.3, -0.25) is 0 Å². The normalized spacial score (nSPS) is 14.6. The van der Waals surface area contributed by atoms with Gasteiger partial charge in [0.15, 0.2) is 0 Å². The van der Waals surface area contributed by atoms with Gasteiger partial charge >= 0.3 is 0 Å². The van der Waals surface area contributed by atoms with E-state index >= 15 is 0 Å². The van der Waals surface area contributed by atoms with E-state index in [1.165, 1.54) is 0 Å². The number of methoxy groups -OCH3 is 1. The molecule has 102 valence electrons. The Labute approximate surface area is 109 Å². The molecule has 0 aromatic heterocycles. The third-order valence-electron chi connectivity index (χ3n) is 3.17. The van der Waals surface area contributed by atoms with Gasteiger partial charge in [-0.25, -0.2) is 0 Å². The Morgan fingerprint density at radius 3 is 2.39 bits per heavy atom. The fourth-order valence-electron chi connectivity index (χ4n) is 1.88. The van der Waals surface area contributed by atoms with Gasteiger partial charge in [0.1, 0.15) is 11.5 Å². The number of aromatic hydroxyl groups is 1. The van der Waals surface area contributed by atoms with Crippen molar-refractivity contribution < 1.29 is 14.9 Å². The quantitative estimate of drug-likeness (QED) is 0.726. The molecule has 0 spiro atoms. The highest BCUT2D eigenvalue weighted by molar-refractivity contribution is 5.41. The molecule has 1 rings (SSSR count). The smallest absolute Gasteiger partial charge is 0.124 e. The first-order valence-electron chi connectivity index (χ1n) is 6.23. The zero-order chi connectivity index (χ0) is 13.7. The van der Waals surface area contributed by atoms with E-state index in [0.29, 0.717) is 11.7 Å². The molecule has 0 saturated carbocycles. The molecule has 0 aliphatic rings. The molecule has 0 aliphatic heterocycles. The second-order valence-corrected chi connectivity index (χ2v) is 4.85. The molecular weight excluding hydrogens is 230 g/mol. The van der Waals surface area contributed by atoms with Crippen LogP contribution in [0.3, 0.4) is 0 Å². The van der Waals surface area contributed by atoms with Gasteiger partial charge in [0.25, 0.3) is 0 Å². The van der Waals surface area contributed by atoms with Crippen LogP contribution in [-0.2, 0) is 0 Å². The van der Waals surface area contributed by atoms with E-state index in [2.05, 4.69) is 19.2 Å². The number of hydrogen-bond acceptors (Lipinski definition) is 4. The van der Waals surface area contributed by atoms with Crippen LogP contribution < -0.4 is 10.1 Å². The van der Waals surface area contributed by atoms with Gasteiger partial charge in [-0.05, 0) is 18.9 Å². The molecule has 4 nitrogen and oxygen atoms in total. The Hall–Kier alpha value is -1.26. The average Bonchev–Trinajstić information content (AvgIpc) is 2.34. The summed E-state index contributed by atoms with van der Waals surface area (Å²) in [6, 6.07) is 5.23. The lowest BCUT2D eigenvalue weighted by molar-refractivity contribution is 0.201. The number of ether oxygens (including phenoxy) is 1. The highest BCUT2D eigenvalue weighted by atomic mass is 16.5. The number of phenolic OH excluding ortho intramolecular Hbond substituents is 1. The minimum Gasteiger partial charge on any atom is -0.507 e. The number of aliphatic hydroxyl groups is 1. The first-order chi connectivity index (χ1) is 8.49. The van der Waals surface area contributed by atoms with Crippen molar-refractivity contribution in [2.24, 2.45) is 5.92 Å². The standard InChI is InChI=1S/C14H23NO3/c1-9(2)13(8-16)15-10(3)12-6-5-11(18-4)7-14(12)17/h5-7,9-10,13,15-17H,8H2,1-4H3/t10?,13-/m1/s1. The first kappa shape index (κ1) is 14.8. The fraction of sp³-hybridized carbons (Fsp3) is 0.571. The topological polar surface area (TPSA) is 61.7 Å². The molecule has 0 amide bonds. The lowest BCUT2D eigenvalue weighted by atomic mass is 10.0. The van der Waals surface area contributed by atoms with Crippen molar-refractivity contribution in [1.82, 2.24) is 5.32 Å². The highest BCUT2D eigenvalue weighted by Crippen LogP contribution is 2.28. The van der Waals surface area contributed by atoms with E-state index in [1.54, 1.807) is 13.2 Å². The Morgan fingerprint density at radius 2 is 1.94 bits per heavy atom.